The van der Waals surface area contributed by atoms with E-state index in [0.29, 0.717) is 22.8 Å². The topological polar surface area (TPSA) is 74.9 Å². The molecule has 0 saturated heterocycles. The number of aliphatic hydroxyl groups excluding tert-OH is 1. The number of anilines is 1. The van der Waals surface area contributed by atoms with E-state index in [9.17, 15) is 5.11 Å². The SMILES string of the molecule is Cc1ccc(CC(O)c2cn[nH]c2N)c(Cl)c1. The molecule has 17 heavy (non-hydrogen) atoms. The number of hydrogen-bond donors (Lipinski definition) is 3. The molecule has 0 saturated carbocycles. The normalized spacial score (nSPS) is 12.6. The van der Waals surface area contributed by atoms with Crippen molar-refractivity contribution < 1.29 is 5.11 Å². The van der Waals surface area contributed by atoms with Gasteiger partial charge in [0.15, 0.2) is 0 Å². The van der Waals surface area contributed by atoms with E-state index in [1.807, 2.05) is 25.1 Å². The van der Waals surface area contributed by atoms with Crippen molar-refractivity contribution in [2.24, 2.45) is 0 Å². The highest BCUT2D eigenvalue weighted by atomic mass is 35.5. The molecule has 0 amide bonds. The molecule has 1 heterocycles. The summed E-state index contributed by atoms with van der Waals surface area (Å²) < 4.78 is 0. The van der Waals surface area contributed by atoms with Gasteiger partial charge in [-0.1, -0.05) is 23.7 Å². The summed E-state index contributed by atoms with van der Waals surface area (Å²) in [7, 11) is 0. The quantitative estimate of drug-likeness (QED) is 0.783. The minimum atomic E-state index is -0.700. The molecular formula is C12H14ClN3O. The van der Waals surface area contributed by atoms with Crippen LogP contribution in [0.3, 0.4) is 0 Å². The second kappa shape index (κ2) is 4.77. The van der Waals surface area contributed by atoms with Crippen molar-refractivity contribution in [3.05, 3.63) is 46.1 Å². The van der Waals surface area contributed by atoms with Crippen molar-refractivity contribution in [1.82, 2.24) is 10.2 Å². The first-order valence-electron chi connectivity index (χ1n) is 5.29. The van der Waals surface area contributed by atoms with Crippen molar-refractivity contribution in [2.75, 3.05) is 5.73 Å². The minimum Gasteiger partial charge on any atom is -0.388 e. The average molecular weight is 252 g/mol. The molecule has 90 valence electrons. The largest absolute Gasteiger partial charge is 0.388 e. The standard InChI is InChI=1S/C12H14ClN3O/c1-7-2-3-8(10(13)4-7)5-11(17)9-6-15-16-12(9)14/h2-4,6,11,17H,5H2,1H3,(H3,14,15,16). The van der Waals surface area contributed by atoms with Crippen molar-refractivity contribution in [2.45, 2.75) is 19.4 Å². The molecule has 1 atom stereocenters. The molecule has 0 spiro atoms. The number of nitrogens with zero attached hydrogens (tertiary/aromatic N) is 1. The molecule has 0 aliphatic heterocycles. The number of aromatic nitrogens is 2. The van der Waals surface area contributed by atoms with Crippen molar-refractivity contribution in [3.8, 4) is 0 Å². The van der Waals surface area contributed by atoms with Gasteiger partial charge in [-0.2, -0.15) is 5.10 Å². The zero-order chi connectivity index (χ0) is 12.4. The van der Waals surface area contributed by atoms with Crippen molar-refractivity contribution in [3.63, 3.8) is 0 Å². The Kier molecular flexibility index (Phi) is 3.36. The number of hydrogen-bond acceptors (Lipinski definition) is 3. The molecule has 2 rings (SSSR count). The van der Waals surface area contributed by atoms with E-state index in [1.165, 1.54) is 6.20 Å². The predicted octanol–water partition coefficient (Wildman–Crippen LogP) is 2.23. The molecule has 1 aromatic carbocycles. The smallest absolute Gasteiger partial charge is 0.124 e. The van der Waals surface area contributed by atoms with Crippen LogP contribution in [0.1, 0.15) is 22.8 Å². The molecule has 0 aliphatic rings. The van der Waals surface area contributed by atoms with E-state index in [4.69, 9.17) is 17.3 Å². The van der Waals surface area contributed by atoms with Gasteiger partial charge in [-0.3, -0.25) is 5.10 Å². The molecule has 4 nitrogen and oxygen atoms in total. The lowest BCUT2D eigenvalue weighted by atomic mass is 10.0. The van der Waals surface area contributed by atoms with Gasteiger partial charge in [0.25, 0.3) is 0 Å². The predicted molar refractivity (Wildman–Crippen MR) is 67.9 cm³/mol. The van der Waals surface area contributed by atoms with Gasteiger partial charge >= 0.3 is 0 Å². The van der Waals surface area contributed by atoms with Crippen molar-refractivity contribution >= 4 is 17.4 Å². The molecule has 0 fully saturated rings. The highest BCUT2D eigenvalue weighted by molar-refractivity contribution is 6.31. The second-order valence-corrected chi connectivity index (χ2v) is 4.46. The van der Waals surface area contributed by atoms with Crippen molar-refractivity contribution in [1.29, 1.82) is 0 Å². The van der Waals surface area contributed by atoms with Gasteiger partial charge in [-0.05, 0) is 24.1 Å². The fourth-order valence-electron chi connectivity index (χ4n) is 1.71. The number of aryl methyl sites for hydroxylation is 1. The molecule has 1 unspecified atom stereocenters. The summed E-state index contributed by atoms with van der Waals surface area (Å²) in [5.74, 6) is 0.390. The number of nitrogen functional groups attached to an aromatic ring is 1. The van der Waals surface area contributed by atoms with Gasteiger partial charge in [0.05, 0.1) is 12.3 Å². The first kappa shape index (κ1) is 12.0. The van der Waals surface area contributed by atoms with Gasteiger partial charge in [-0.15, -0.1) is 0 Å². The number of benzene rings is 1. The Morgan fingerprint density at radius 1 is 1.53 bits per heavy atom. The third-order valence-electron chi connectivity index (χ3n) is 2.68. The fourth-order valence-corrected chi connectivity index (χ4v) is 2.02. The molecule has 0 radical (unpaired) electrons. The Hall–Kier alpha value is -1.52. The highest BCUT2D eigenvalue weighted by Crippen LogP contribution is 2.26. The van der Waals surface area contributed by atoms with Crippen LogP contribution in [0.15, 0.2) is 24.4 Å². The Labute approximate surface area is 104 Å². The van der Waals surface area contributed by atoms with Crippen LogP contribution in [0, 0.1) is 6.92 Å². The number of nitrogens with one attached hydrogen (secondary N) is 1. The molecule has 5 heteroatoms. The molecular weight excluding hydrogens is 238 g/mol. The summed E-state index contributed by atoms with van der Waals surface area (Å²) >= 11 is 6.11. The lowest BCUT2D eigenvalue weighted by molar-refractivity contribution is 0.179. The Bertz CT molecular complexity index is 524. The van der Waals surface area contributed by atoms with Gasteiger partial charge in [-0.25, -0.2) is 0 Å². The molecule has 0 bridgehead atoms. The monoisotopic (exact) mass is 251 g/mol. The van der Waals surface area contributed by atoms with Crippen LogP contribution < -0.4 is 5.73 Å². The van der Waals surface area contributed by atoms with Gasteiger partial charge < -0.3 is 10.8 Å². The van der Waals surface area contributed by atoms with Gasteiger partial charge in [0.1, 0.15) is 5.82 Å². The van der Waals surface area contributed by atoms with Crippen LogP contribution in [0.5, 0.6) is 0 Å². The third kappa shape index (κ3) is 2.60. The lowest BCUT2D eigenvalue weighted by Gasteiger charge is -2.11. The summed E-state index contributed by atoms with van der Waals surface area (Å²) in [5, 5.41) is 17.1. The average Bonchev–Trinajstić information content (AvgIpc) is 2.68. The van der Waals surface area contributed by atoms with Crippen LogP contribution in [0.2, 0.25) is 5.02 Å². The molecule has 2 aromatic rings. The maximum absolute atomic E-state index is 10.0. The van der Waals surface area contributed by atoms with E-state index in [1.54, 1.807) is 0 Å². The van der Waals surface area contributed by atoms with E-state index >= 15 is 0 Å². The summed E-state index contributed by atoms with van der Waals surface area (Å²) in [6, 6.07) is 5.76. The van der Waals surface area contributed by atoms with Gasteiger partial charge in [0.2, 0.25) is 0 Å². The van der Waals surface area contributed by atoms with Crippen LogP contribution in [-0.4, -0.2) is 15.3 Å². The van der Waals surface area contributed by atoms with Crippen LogP contribution in [0.4, 0.5) is 5.82 Å². The van der Waals surface area contributed by atoms with E-state index in [0.717, 1.165) is 11.1 Å². The first-order chi connectivity index (χ1) is 8.08. The number of aromatic amines is 1. The molecule has 0 aliphatic carbocycles. The highest BCUT2D eigenvalue weighted by Gasteiger charge is 2.15. The Morgan fingerprint density at radius 3 is 2.88 bits per heavy atom. The zero-order valence-corrected chi connectivity index (χ0v) is 10.2. The summed E-state index contributed by atoms with van der Waals surface area (Å²) in [6.45, 7) is 1.97. The van der Waals surface area contributed by atoms with Gasteiger partial charge in [0, 0.05) is 17.0 Å². The number of halogens is 1. The maximum Gasteiger partial charge on any atom is 0.124 e. The first-order valence-corrected chi connectivity index (χ1v) is 5.67. The third-order valence-corrected chi connectivity index (χ3v) is 3.03. The fraction of sp³-hybridized carbons (Fsp3) is 0.250. The Morgan fingerprint density at radius 2 is 2.29 bits per heavy atom. The van der Waals surface area contributed by atoms with Crippen LogP contribution >= 0.6 is 11.6 Å². The summed E-state index contributed by atoms with van der Waals surface area (Å²) in [5.41, 5.74) is 8.23. The summed E-state index contributed by atoms with van der Waals surface area (Å²) in [6.07, 6.45) is 1.25. The summed E-state index contributed by atoms with van der Waals surface area (Å²) in [4.78, 5) is 0. The van der Waals surface area contributed by atoms with E-state index in [2.05, 4.69) is 10.2 Å². The zero-order valence-electron chi connectivity index (χ0n) is 9.44. The molecule has 4 N–H and O–H groups in total. The Balaban J connectivity index is 2.19. The lowest BCUT2D eigenvalue weighted by Crippen LogP contribution is -2.04. The van der Waals surface area contributed by atoms with Crippen LogP contribution in [-0.2, 0) is 6.42 Å². The second-order valence-electron chi connectivity index (χ2n) is 4.05. The number of rotatable bonds is 3. The minimum absolute atomic E-state index is 0.390. The number of nitrogens with two attached hydrogens (primary N) is 1. The van der Waals surface area contributed by atoms with Crippen LogP contribution in [0.25, 0.3) is 0 Å². The van der Waals surface area contributed by atoms with E-state index < -0.39 is 6.10 Å². The number of aliphatic hydroxyl groups is 1. The molecule has 1 aromatic heterocycles. The number of H-pyrrole nitrogens is 1. The maximum atomic E-state index is 10.0. The van der Waals surface area contributed by atoms with E-state index in [-0.39, 0.29) is 0 Å².